The summed E-state index contributed by atoms with van der Waals surface area (Å²) in [6.45, 7) is 1.99. The van der Waals surface area contributed by atoms with Crippen molar-refractivity contribution < 1.29 is 0 Å². The summed E-state index contributed by atoms with van der Waals surface area (Å²) in [6, 6.07) is 0. The van der Waals surface area contributed by atoms with E-state index in [1.54, 1.807) is 0 Å². The zero-order valence-corrected chi connectivity index (χ0v) is 7.01. The maximum absolute atomic E-state index is 5.45. The maximum Gasteiger partial charge on any atom is 0.0258 e. The second-order valence-corrected chi connectivity index (χ2v) is 2.19. The fourth-order valence-electron chi connectivity index (χ4n) is 0.477. The van der Waals surface area contributed by atoms with Gasteiger partial charge in [-0.25, -0.2) is 0 Å². The van der Waals surface area contributed by atoms with Gasteiger partial charge in [0.1, 0.15) is 0 Å². The van der Waals surface area contributed by atoms with E-state index < -0.39 is 0 Å². The van der Waals surface area contributed by atoms with Gasteiger partial charge in [0.25, 0.3) is 0 Å². The third-order valence-corrected chi connectivity index (χ3v) is 1.16. The minimum absolute atomic E-state index is 0.702. The van der Waals surface area contributed by atoms with E-state index in [2.05, 4.69) is 0 Å². The number of hydrogen-bond acceptors (Lipinski definition) is 0. The van der Waals surface area contributed by atoms with E-state index in [0.717, 1.165) is 6.42 Å². The smallest absolute Gasteiger partial charge is 0.0258 e. The summed E-state index contributed by atoms with van der Waals surface area (Å²) in [5.74, 6) is 0.702. The van der Waals surface area contributed by atoms with Crippen LogP contribution in [-0.4, -0.2) is 5.88 Å². The van der Waals surface area contributed by atoms with E-state index in [1.807, 2.05) is 43.4 Å². The monoisotopic (exact) mass is 156 g/mol. The Hall–Kier alpha value is -0.490. The zero-order valence-electron chi connectivity index (χ0n) is 6.26. The van der Waals surface area contributed by atoms with Gasteiger partial charge in [-0.05, 0) is 13.3 Å². The van der Waals surface area contributed by atoms with Crippen LogP contribution in [0.25, 0.3) is 0 Å². The Morgan fingerprint density at radius 2 is 1.80 bits per heavy atom. The fraction of sp³-hybridized carbons (Fsp3) is 0.333. The van der Waals surface area contributed by atoms with E-state index in [0.29, 0.717) is 5.88 Å². The molecule has 0 fully saturated rings. The third-order valence-electron chi connectivity index (χ3n) is 0.938. The third kappa shape index (κ3) is 7.51. The molecule has 0 bridgehead atoms. The first-order valence-electron chi connectivity index (χ1n) is 3.42. The van der Waals surface area contributed by atoms with Crippen molar-refractivity contribution >= 4 is 11.6 Å². The molecule has 0 spiro atoms. The van der Waals surface area contributed by atoms with Crippen molar-refractivity contribution in [3.63, 3.8) is 0 Å². The van der Waals surface area contributed by atoms with Crippen molar-refractivity contribution in [3.05, 3.63) is 36.5 Å². The summed E-state index contributed by atoms with van der Waals surface area (Å²) in [5.41, 5.74) is 0. The van der Waals surface area contributed by atoms with Gasteiger partial charge in [0, 0.05) is 5.88 Å². The average molecular weight is 157 g/mol. The summed E-state index contributed by atoms with van der Waals surface area (Å²) >= 11 is 5.45. The molecule has 0 aromatic rings. The first-order valence-corrected chi connectivity index (χ1v) is 3.95. The summed E-state index contributed by atoms with van der Waals surface area (Å²) in [5, 5.41) is 0. The normalized spacial score (nSPS) is 12.6. The minimum atomic E-state index is 0.702. The predicted octanol–water partition coefficient (Wildman–Crippen LogP) is 3.30. The van der Waals surface area contributed by atoms with Crippen molar-refractivity contribution in [1.29, 1.82) is 0 Å². The number of rotatable bonds is 4. The van der Waals surface area contributed by atoms with Crippen LogP contribution in [0.5, 0.6) is 0 Å². The molecule has 0 N–H and O–H groups in total. The lowest BCUT2D eigenvalue weighted by Gasteiger charge is -1.77. The lowest BCUT2D eigenvalue weighted by molar-refractivity contribution is 1.23. The van der Waals surface area contributed by atoms with Crippen LogP contribution >= 0.6 is 11.6 Å². The Labute approximate surface area is 67.9 Å². The maximum atomic E-state index is 5.45. The van der Waals surface area contributed by atoms with Gasteiger partial charge in [0.15, 0.2) is 0 Å². The average Bonchev–Trinajstić information content (AvgIpc) is 1.97. The number of halogens is 1. The molecule has 56 valence electrons. The Morgan fingerprint density at radius 1 is 1.10 bits per heavy atom. The molecular weight excluding hydrogens is 144 g/mol. The van der Waals surface area contributed by atoms with Crippen LogP contribution in [0, 0.1) is 0 Å². The predicted molar refractivity (Wildman–Crippen MR) is 48.4 cm³/mol. The molecule has 0 aromatic heterocycles. The van der Waals surface area contributed by atoms with Gasteiger partial charge >= 0.3 is 0 Å². The van der Waals surface area contributed by atoms with Crippen molar-refractivity contribution in [1.82, 2.24) is 0 Å². The van der Waals surface area contributed by atoms with Gasteiger partial charge in [-0.3, -0.25) is 0 Å². The summed E-state index contributed by atoms with van der Waals surface area (Å²) in [4.78, 5) is 0. The van der Waals surface area contributed by atoms with E-state index in [4.69, 9.17) is 11.6 Å². The fourth-order valence-corrected chi connectivity index (χ4v) is 0.603. The largest absolute Gasteiger partial charge is 0.126 e. The van der Waals surface area contributed by atoms with Crippen molar-refractivity contribution in [2.24, 2.45) is 0 Å². The molecule has 0 nitrogen and oxygen atoms in total. The number of allylic oxidation sites excluding steroid dienone is 6. The number of hydrogen-bond donors (Lipinski definition) is 0. The molecule has 0 rings (SSSR count). The molecule has 1 heteroatoms. The molecule has 0 aliphatic carbocycles. The highest BCUT2D eigenvalue weighted by Gasteiger charge is 1.69. The van der Waals surface area contributed by atoms with Crippen molar-refractivity contribution in [2.75, 3.05) is 5.88 Å². The van der Waals surface area contributed by atoms with Crippen LogP contribution in [0.4, 0.5) is 0 Å². The van der Waals surface area contributed by atoms with Gasteiger partial charge in [-0.2, -0.15) is 0 Å². The van der Waals surface area contributed by atoms with E-state index in [9.17, 15) is 0 Å². The Kier molecular flexibility index (Phi) is 8.09. The highest BCUT2D eigenvalue weighted by molar-refractivity contribution is 6.17. The van der Waals surface area contributed by atoms with E-state index in [1.165, 1.54) is 0 Å². The lowest BCUT2D eigenvalue weighted by atomic mass is 10.4. The molecule has 0 saturated heterocycles. The molecular formula is C9H13Cl. The van der Waals surface area contributed by atoms with Crippen LogP contribution in [0.1, 0.15) is 13.3 Å². The van der Waals surface area contributed by atoms with Crippen LogP contribution in [0.2, 0.25) is 0 Å². The molecule has 0 heterocycles. The van der Waals surface area contributed by atoms with Crippen LogP contribution < -0.4 is 0 Å². The SMILES string of the molecule is C/C=C/C=C/C=C/CCCl. The second kappa shape index (κ2) is 8.51. The Bertz CT molecular complexity index is 132. The molecule has 0 radical (unpaired) electrons. The molecule has 0 saturated carbocycles. The highest BCUT2D eigenvalue weighted by Crippen LogP contribution is 1.87. The van der Waals surface area contributed by atoms with Crippen LogP contribution in [0.3, 0.4) is 0 Å². The first-order chi connectivity index (χ1) is 4.91. The van der Waals surface area contributed by atoms with Gasteiger partial charge in [0.2, 0.25) is 0 Å². The van der Waals surface area contributed by atoms with E-state index in [-0.39, 0.29) is 0 Å². The van der Waals surface area contributed by atoms with Gasteiger partial charge in [-0.1, -0.05) is 36.5 Å². The Morgan fingerprint density at radius 3 is 2.40 bits per heavy atom. The molecule has 0 aromatic carbocycles. The summed E-state index contributed by atoms with van der Waals surface area (Å²) in [6.07, 6.45) is 13.0. The second-order valence-electron chi connectivity index (χ2n) is 1.82. The highest BCUT2D eigenvalue weighted by atomic mass is 35.5. The molecule has 10 heavy (non-hydrogen) atoms. The van der Waals surface area contributed by atoms with Gasteiger partial charge in [-0.15, -0.1) is 11.6 Å². The Balaban J connectivity index is 3.32. The van der Waals surface area contributed by atoms with E-state index >= 15 is 0 Å². The standard InChI is InChI=1S/C9H13Cl/c1-2-3-4-5-6-7-8-9-10/h2-7H,8-9H2,1H3/b3-2+,5-4+,7-6+. The number of alkyl halides is 1. The zero-order chi connectivity index (χ0) is 7.66. The molecule has 0 amide bonds. The molecule has 0 aliphatic rings. The van der Waals surface area contributed by atoms with Gasteiger partial charge in [0.05, 0.1) is 0 Å². The summed E-state index contributed by atoms with van der Waals surface area (Å²) in [7, 11) is 0. The molecule has 0 unspecified atom stereocenters. The van der Waals surface area contributed by atoms with Crippen LogP contribution in [0.15, 0.2) is 36.5 Å². The van der Waals surface area contributed by atoms with Gasteiger partial charge < -0.3 is 0 Å². The van der Waals surface area contributed by atoms with Crippen LogP contribution in [-0.2, 0) is 0 Å². The quantitative estimate of drug-likeness (QED) is 0.433. The molecule has 0 aliphatic heterocycles. The van der Waals surface area contributed by atoms with Crippen molar-refractivity contribution in [2.45, 2.75) is 13.3 Å². The minimum Gasteiger partial charge on any atom is -0.126 e. The summed E-state index contributed by atoms with van der Waals surface area (Å²) < 4.78 is 0. The topological polar surface area (TPSA) is 0 Å². The van der Waals surface area contributed by atoms with Crippen molar-refractivity contribution in [3.8, 4) is 0 Å². The lowest BCUT2D eigenvalue weighted by Crippen LogP contribution is -1.63. The first kappa shape index (κ1) is 9.51. The molecule has 0 atom stereocenters.